The van der Waals surface area contributed by atoms with Crippen LogP contribution in [0.1, 0.15) is 28.8 Å². The summed E-state index contributed by atoms with van der Waals surface area (Å²) in [4.78, 5) is 12.5. The highest BCUT2D eigenvalue weighted by Gasteiger charge is 2.21. The summed E-state index contributed by atoms with van der Waals surface area (Å²) in [6.07, 6.45) is 4.31. The van der Waals surface area contributed by atoms with Crippen LogP contribution < -0.4 is 10.6 Å². The van der Waals surface area contributed by atoms with Gasteiger partial charge in [-0.25, -0.2) is 4.79 Å². The highest BCUT2D eigenvalue weighted by Crippen LogP contribution is 2.37. The van der Waals surface area contributed by atoms with Crippen molar-refractivity contribution in [3.8, 4) is 6.07 Å². The summed E-state index contributed by atoms with van der Waals surface area (Å²) in [5.74, 6) is 0. The Morgan fingerprint density at radius 1 is 1.44 bits per heavy atom. The van der Waals surface area contributed by atoms with Gasteiger partial charge in [0.2, 0.25) is 0 Å². The maximum absolute atomic E-state index is 11.2. The largest absolute Gasteiger partial charge is 0.341 e. The number of hydrogen-bond acceptors (Lipinski definition) is 3. The van der Waals surface area contributed by atoms with Crippen molar-refractivity contribution in [2.75, 3.05) is 12.4 Å². The Labute approximate surface area is 98.3 Å². The van der Waals surface area contributed by atoms with Crippen LogP contribution in [0.5, 0.6) is 0 Å². The molecule has 0 unspecified atom stereocenters. The molecule has 16 heavy (non-hydrogen) atoms. The summed E-state index contributed by atoms with van der Waals surface area (Å²) >= 11 is 1.54. The SMILES string of the molecule is CNC(=O)Nc1sc2c(c1C#N)CCCC2. The first kappa shape index (κ1) is 11.0. The van der Waals surface area contributed by atoms with Crippen molar-refractivity contribution >= 4 is 22.4 Å². The third-order valence-electron chi connectivity index (χ3n) is 2.74. The van der Waals surface area contributed by atoms with E-state index >= 15 is 0 Å². The highest BCUT2D eigenvalue weighted by atomic mass is 32.1. The van der Waals surface area contributed by atoms with E-state index in [1.54, 1.807) is 7.05 Å². The van der Waals surface area contributed by atoms with E-state index in [0.29, 0.717) is 10.6 Å². The zero-order chi connectivity index (χ0) is 11.5. The second-order valence-corrected chi connectivity index (χ2v) is 4.84. The molecule has 1 aromatic heterocycles. The summed E-state index contributed by atoms with van der Waals surface area (Å²) in [5, 5.41) is 15.0. The Morgan fingerprint density at radius 2 is 2.19 bits per heavy atom. The molecule has 2 N–H and O–H groups in total. The number of carbonyl (C=O) groups is 1. The lowest BCUT2D eigenvalue weighted by atomic mass is 9.96. The first-order valence-corrected chi connectivity index (χ1v) is 6.11. The van der Waals surface area contributed by atoms with Gasteiger partial charge < -0.3 is 5.32 Å². The number of hydrogen-bond donors (Lipinski definition) is 2. The smallest absolute Gasteiger partial charge is 0.319 e. The Hall–Kier alpha value is -1.54. The van der Waals surface area contributed by atoms with Crippen molar-refractivity contribution in [3.05, 3.63) is 16.0 Å². The summed E-state index contributed by atoms with van der Waals surface area (Å²) in [7, 11) is 1.56. The quantitative estimate of drug-likeness (QED) is 0.784. The van der Waals surface area contributed by atoms with Crippen LogP contribution in [-0.2, 0) is 12.8 Å². The molecule has 0 saturated carbocycles. The number of rotatable bonds is 1. The highest BCUT2D eigenvalue weighted by molar-refractivity contribution is 7.16. The molecule has 0 radical (unpaired) electrons. The number of urea groups is 1. The van der Waals surface area contributed by atoms with Crippen molar-refractivity contribution in [3.63, 3.8) is 0 Å². The first-order valence-electron chi connectivity index (χ1n) is 5.29. The van der Waals surface area contributed by atoms with Gasteiger partial charge in [-0.15, -0.1) is 11.3 Å². The van der Waals surface area contributed by atoms with Gasteiger partial charge in [0.1, 0.15) is 11.1 Å². The van der Waals surface area contributed by atoms with Gasteiger partial charge in [-0.1, -0.05) is 0 Å². The molecule has 1 aliphatic rings. The summed E-state index contributed by atoms with van der Waals surface area (Å²) in [6, 6.07) is 1.93. The number of nitriles is 1. The molecule has 1 aliphatic carbocycles. The molecular weight excluding hydrogens is 222 g/mol. The number of aryl methyl sites for hydroxylation is 1. The van der Waals surface area contributed by atoms with Crippen LogP contribution in [0.4, 0.5) is 9.80 Å². The molecule has 2 rings (SSSR count). The van der Waals surface area contributed by atoms with Crippen molar-refractivity contribution in [1.29, 1.82) is 5.26 Å². The number of anilines is 1. The van der Waals surface area contributed by atoms with Crippen molar-refractivity contribution in [2.24, 2.45) is 0 Å². The van der Waals surface area contributed by atoms with Crippen molar-refractivity contribution in [1.82, 2.24) is 5.32 Å². The van der Waals surface area contributed by atoms with Gasteiger partial charge in [-0.05, 0) is 31.2 Å². The van der Waals surface area contributed by atoms with Crippen molar-refractivity contribution < 1.29 is 4.79 Å². The molecule has 0 aromatic carbocycles. The maximum Gasteiger partial charge on any atom is 0.319 e. The van der Waals surface area contributed by atoms with Gasteiger partial charge in [0.25, 0.3) is 0 Å². The second-order valence-electron chi connectivity index (χ2n) is 3.73. The van der Waals surface area contributed by atoms with Crippen molar-refractivity contribution in [2.45, 2.75) is 25.7 Å². The van der Waals surface area contributed by atoms with E-state index < -0.39 is 0 Å². The molecule has 2 amide bonds. The Morgan fingerprint density at radius 3 is 2.88 bits per heavy atom. The lowest BCUT2D eigenvalue weighted by Gasteiger charge is -2.09. The van der Waals surface area contributed by atoms with Gasteiger partial charge >= 0.3 is 6.03 Å². The standard InChI is InChI=1S/C11H13N3OS/c1-13-11(15)14-10-8(6-12)7-4-2-3-5-9(7)16-10/h2-5H2,1H3,(H2,13,14,15). The molecule has 1 aromatic rings. The Balaban J connectivity index is 2.35. The van der Waals surface area contributed by atoms with E-state index in [2.05, 4.69) is 16.7 Å². The molecule has 4 nitrogen and oxygen atoms in total. The van der Waals surface area contributed by atoms with Crippen LogP contribution in [0, 0.1) is 11.3 Å². The second kappa shape index (κ2) is 4.54. The molecule has 1 heterocycles. The summed E-state index contributed by atoms with van der Waals surface area (Å²) in [6.45, 7) is 0. The zero-order valence-corrected chi connectivity index (χ0v) is 9.91. The third-order valence-corrected chi connectivity index (χ3v) is 3.94. The minimum Gasteiger partial charge on any atom is -0.341 e. The average Bonchev–Trinajstić information content (AvgIpc) is 2.65. The molecule has 0 atom stereocenters. The predicted octanol–water partition coefficient (Wildman–Crippen LogP) is 2.25. The number of nitrogens with one attached hydrogen (secondary N) is 2. The molecule has 0 fully saturated rings. The van der Waals surface area contributed by atoms with Gasteiger partial charge in [0, 0.05) is 11.9 Å². The molecule has 0 bridgehead atoms. The predicted molar refractivity (Wildman–Crippen MR) is 63.8 cm³/mol. The Bertz CT molecular complexity index is 459. The third kappa shape index (κ3) is 1.89. The number of fused-ring (bicyclic) bond motifs is 1. The van der Waals surface area contributed by atoms with Gasteiger partial charge in [-0.3, -0.25) is 5.32 Å². The van der Waals surface area contributed by atoms with Gasteiger partial charge in [0.15, 0.2) is 0 Å². The molecule has 0 saturated heterocycles. The monoisotopic (exact) mass is 235 g/mol. The van der Waals surface area contributed by atoms with E-state index in [1.165, 1.54) is 22.6 Å². The average molecular weight is 235 g/mol. The number of amides is 2. The van der Waals surface area contributed by atoms with E-state index in [-0.39, 0.29) is 6.03 Å². The van der Waals surface area contributed by atoms with E-state index in [4.69, 9.17) is 5.26 Å². The fraction of sp³-hybridized carbons (Fsp3) is 0.455. The number of carbonyl (C=O) groups excluding carboxylic acids is 1. The fourth-order valence-electron chi connectivity index (χ4n) is 1.94. The molecule has 5 heteroatoms. The topological polar surface area (TPSA) is 64.9 Å². The summed E-state index contributed by atoms with van der Waals surface area (Å²) in [5.41, 5.74) is 1.80. The molecule has 0 aliphatic heterocycles. The van der Waals surface area contributed by atoms with Crippen LogP contribution in [0.3, 0.4) is 0 Å². The van der Waals surface area contributed by atoms with E-state index in [9.17, 15) is 4.79 Å². The van der Waals surface area contributed by atoms with Crippen LogP contribution in [0.2, 0.25) is 0 Å². The van der Waals surface area contributed by atoms with Gasteiger partial charge in [-0.2, -0.15) is 5.26 Å². The van der Waals surface area contributed by atoms with E-state index in [0.717, 1.165) is 24.8 Å². The molecule has 0 spiro atoms. The lowest BCUT2D eigenvalue weighted by Crippen LogP contribution is -2.24. The fourth-order valence-corrected chi connectivity index (χ4v) is 3.17. The zero-order valence-electron chi connectivity index (χ0n) is 9.09. The number of nitrogens with zero attached hydrogens (tertiary/aromatic N) is 1. The lowest BCUT2D eigenvalue weighted by molar-refractivity contribution is 0.254. The minimum atomic E-state index is -0.268. The van der Waals surface area contributed by atoms with Crippen LogP contribution >= 0.6 is 11.3 Å². The minimum absolute atomic E-state index is 0.268. The molecule has 84 valence electrons. The first-order chi connectivity index (χ1) is 7.76. The van der Waals surface area contributed by atoms with Crippen LogP contribution in [0.25, 0.3) is 0 Å². The van der Waals surface area contributed by atoms with Crippen LogP contribution in [0.15, 0.2) is 0 Å². The van der Waals surface area contributed by atoms with Gasteiger partial charge in [0.05, 0.1) is 5.56 Å². The van der Waals surface area contributed by atoms with Crippen LogP contribution in [-0.4, -0.2) is 13.1 Å². The summed E-state index contributed by atoms with van der Waals surface area (Å²) < 4.78 is 0. The normalized spacial score (nSPS) is 13.8. The van der Waals surface area contributed by atoms with E-state index in [1.807, 2.05) is 0 Å². The Kier molecular flexibility index (Phi) is 3.11. The molecular formula is C11H13N3OS. The number of thiophene rings is 1. The maximum atomic E-state index is 11.2.